The van der Waals surface area contributed by atoms with Crippen LogP contribution in [0.1, 0.15) is 251 Å². The Hall–Kier alpha value is -2.81. The SMILES string of the molecule is CC/C=C\C/C=C\C/C=C\C/C=C\C/C=C\CCCCCCCCCCCCCCCCCCCCCC(=O)OC(COC(=O)CCCCCCC/C=C\C/C=C\CCCC)COP(=O)(O)OCCN. The standard InChI is InChI=1S/C60H106NO8P/c1-3-5-7-9-11-13-15-17-19-20-21-22-23-24-25-26-27-28-29-30-31-32-33-34-35-36-37-38-39-41-43-45-47-49-51-53-60(63)69-58(57-68-70(64,65)67-55-54-61)56-66-59(62)52-50-48-46-44-42-40-18-16-14-12-10-8-6-4-2/h5,7,10-13,16-19,21-22,24-25,58H,3-4,6,8-9,14-15,20,23,26-57,61H2,1-2H3,(H,64,65)/b7-5-,12-10-,13-11-,18-16-,19-17-,22-21-,25-24-. The molecule has 0 aromatic heterocycles. The second-order valence-electron chi connectivity index (χ2n) is 18.8. The Bertz CT molecular complexity index is 1420. The van der Waals surface area contributed by atoms with E-state index in [0.29, 0.717) is 12.8 Å². The van der Waals surface area contributed by atoms with Gasteiger partial charge in [0.2, 0.25) is 0 Å². The minimum absolute atomic E-state index is 0.0497. The van der Waals surface area contributed by atoms with E-state index in [9.17, 15) is 19.0 Å². The third kappa shape index (κ3) is 54.5. The number of rotatable bonds is 53. The minimum Gasteiger partial charge on any atom is -0.462 e. The van der Waals surface area contributed by atoms with Crippen molar-refractivity contribution < 1.29 is 37.6 Å². The molecule has 0 bridgehead atoms. The number of hydrogen-bond acceptors (Lipinski definition) is 8. The summed E-state index contributed by atoms with van der Waals surface area (Å²) in [7, 11) is -4.39. The van der Waals surface area contributed by atoms with Gasteiger partial charge in [-0.15, -0.1) is 0 Å². The van der Waals surface area contributed by atoms with Crippen LogP contribution in [0.15, 0.2) is 85.1 Å². The molecule has 2 unspecified atom stereocenters. The van der Waals surface area contributed by atoms with E-state index in [1.54, 1.807) is 0 Å². The summed E-state index contributed by atoms with van der Waals surface area (Å²) in [4.78, 5) is 35.1. The van der Waals surface area contributed by atoms with Gasteiger partial charge in [0, 0.05) is 19.4 Å². The molecule has 0 rings (SSSR count). The molecule has 0 radical (unpaired) electrons. The molecule has 0 aliphatic heterocycles. The number of phosphoric ester groups is 1. The first-order valence-corrected chi connectivity index (χ1v) is 30.1. The summed E-state index contributed by atoms with van der Waals surface area (Å²) >= 11 is 0. The maximum Gasteiger partial charge on any atom is 0.472 e. The van der Waals surface area contributed by atoms with E-state index >= 15 is 0 Å². The average molecular weight is 1000 g/mol. The van der Waals surface area contributed by atoms with Gasteiger partial charge in [0.05, 0.1) is 13.2 Å². The van der Waals surface area contributed by atoms with Crippen LogP contribution in [0, 0.1) is 0 Å². The predicted molar refractivity (Wildman–Crippen MR) is 298 cm³/mol. The molecule has 3 N–H and O–H groups in total. The molecular formula is C60H106NO8P. The summed E-state index contributed by atoms with van der Waals surface area (Å²) in [6, 6.07) is 0. The number of hydrogen-bond donors (Lipinski definition) is 2. The number of nitrogens with two attached hydrogens (primary N) is 1. The summed E-state index contributed by atoms with van der Waals surface area (Å²) in [5.74, 6) is -0.840. The quantitative estimate of drug-likeness (QED) is 0.0264. The molecule has 404 valence electrons. The highest BCUT2D eigenvalue weighted by molar-refractivity contribution is 7.47. The van der Waals surface area contributed by atoms with Crippen molar-refractivity contribution in [2.24, 2.45) is 5.73 Å². The zero-order valence-electron chi connectivity index (χ0n) is 45.0. The van der Waals surface area contributed by atoms with Crippen LogP contribution >= 0.6 is 7.82 Å². The third-order valence-corrected chi connectivity index (χ3v) is 13.0. The van der Waals surface area contributed by atoms with Gasteiger partial charge in [-0.3, -0.25) is 18.6 Å². The normalized spacial score (nSPS) is 13.7. The number of ether oxygens (including phenoxy) is 2. The fourth-order valence-corrected chi connectivity index (χ4v) is 8.56. The minimum atomic E-state index is -4.39. The van der Waals surface area contributed by atoms with Crippen LogP contribution in [-0.2, 0) is 32.7 Å². The Morgan fingerprint density at radius 3 is 1.17 bits per heavy atom. The molecule has 9 nitrogen and oxygen atoms in total. The van der Waals surface area contributed by atoms with E-state index in [1.807, 2.05) is 0 Å². The van der Waals surface area contributed by atoms with Crippen LogP contribution in [0.25, 0.3) is 0 Å². The third-order valence-electron chi connectivity index (χ3n) is 12.0. The summed E-state index contributed by atoms with van der Waals surface area (Å²) in [6.45, 7) is 3.58. The molecule has 0 fully saturated rings. The molecule has 0 aromatic rings. The molecule has 10 heteroatoms. The number of allylic oxidation sites excluding steroid dienone is 14. The van der Waals surface area contributed by atoms with Gasteiger partial charge in [-0.1, -0.05) is 240 Å². The lowest BCUT2D eigenvalue weighted by atomic mass is 10.0. The molecule has 0 spiro atoms. The van der Waals surface area contributed by atoms with Gasteiger partial charge in [-0.05, 0) is 83.5 Å². The summed E-state index contributed by atoms with van der Waals surface area (Å²) in [5, 5.41) is 0. The molecule has 0 saturated heterocycles. The van der Waals surface area contributed by atoms with E-state index in [-0.39, 0.29) is 32.6 Å². The molecular weight excluding hydrogens is 894 g/mol. The molecule has 2 atom stereocenters. The summed E-state index contributed by atoms with van der Waals surface area (Å²) < 4.78 is 32.9. The van der Waals surface area contributed by atoms with Crippen molar-refractivity contribution in [1.29, 1.82) is 0 Å². The first-order valence-electron chi connectivity index (χ1n) is 28.6. The maximum atomic E-state index is 12.7. The Morgan fingerprint density at radius 1 is 0.443 bits per heavy atom. The fourth-order valence-electron chi connectivity index (χ4n) is 7.80. The van der Waals surface area contributed by atoms with Crippen molar-refractivity contribution in [3.63, 3.8) is 0 Å². The summed E-state index contributed by atoms with van der Waals surface area (Å²) in [5.41, 5.74) is 5.37. The Morgan fingerprint density at radius 2 is 0.786 bits per heavy atom. The number of carbonyl (C=O) groups is 2. The van der Waals surface area contributed by atoms with Crippen LogP contribution in [0.4, 0.5) is 0 Å². The number of esters is 2. The molecule has 0 aromatic carbocycles. The van der Waals surface area contributed by atoms with Crippen LogP contribution in [-0.4, -0.2) is 49.3 Å². The summed E-state index contributed by atoms with van der Waals surface area (Å²) in [6.07, 6.45) is 72.2. The zero-order chi connectivity index (χ0) is 51.0. The number of carbonyl (C=O) groups excluding carboxylic acids is 2. The van der Waals surface area contributed by atoms with Crippen molar-refractivity contribution in [2.75, 3.05) is 26.4 Å². The first kappa shape index (κ1) is 67.2. The smallest absolute Gasteiger partial charge is 0.462 e. The molecule has 0 heterocycles. The van der Waals surface area contributed by atoms with Gasteiger partial charge in [-0.25, -0.2) is 4.57 Å². The van der Waals surface area contributed by atoms with E-state index in [1.165, 1.54) is 116 Å². The highest BCUT2D eigenvalue weighted by Gasteiger charge is 2.26. The van der Waals surface area contributed by atoms with Crippen LogP contribution in [0.3, 0.4) is 0 Å². The van der Waals surface area contributed by atoms with Gasteiger partial charge in [-0.2, -0.15) is 0 Å². The maximum absolute atomic E-state index is 12.7. The zero-order valence-corrected chi connectivity index (χ0v) is 45.9. The van der Waals surface area contributed by atoms with Crippen LogP contribution in [0.5, 0.6) is 0 Å². The lowest BCUT2D eigenvalue weighted by Gasteiger charge is -2.19. The van der Waals surface area contributed by atoms with E-state index in [4.69, 9.17) is 24.3 Å². The second-order valence-corrected chi connectivity index (χ2v) is 20.2. The Kier molecular flexibility index (Phi) is 53.3. The Labute approximate surface area is 430 Å². The lowest BCUT2D eigenvalue weighted by molar-refractivity contribution is -0.161. The second kappa shape index (κ2) is 55.5. The van der Waals surface area contributed by atoms with Gasteiger partial charge in [0.1, 0.15) is 6.61 Å². The highest BCUT2D eigenvalue weighted by atomic mass is 31.2. The van der Waals surface area contributed by atoms with Crippen molar-refractivity contribution >= 4 is 19.8 Å². The first-order chi connectivity index (χ1) is 34.3. The predicted octanol–water partition coefficient (Wildman–Crippen LogP) is 17.9. The average Bonchev–Trinajstić information content (AvgIpc) is 3.35. The van der Waals surface area contributed by atoms with E-state index in [0.717, 1.165) is 96.3 Å². The fraction of sp³-hybridized carbons (Fsp3) is 0.733. The number of unbranched alkanes of at least 4 members (excludes halogenated alkanes) is 26. The molecule has 0 saturated carbocycles. The van der Waals surface area contributed by atoms with Gasteiger partial charge in [0.25, 0.3) is 0 Å². The topological polar surface area (TPSA) is 134 Å². The molecule has 70 heavy (non-hydrogen) atoms. The molecule has 0 aliphatic rings. The van der Waals surface area contributed by atoms with E-state index < -0.39 is 32.5 Å². The Balaban J connectivity index is 3.87. The van der Waals surface area contributed by atoms with Crippen LogP contribution < -0.4 is 5.73 Å². The van der Waals surface area contributed by atoms with Crippen molar-refractivity contribution in [3.8, 4) is 0 Å². The van der Waals surface area contributed by atoms with Crippen molar-refractivity contribution in [3.05, 3.63) is 85.1 Å². The van der Waals surface area contributed by atoms with Crippen LogP contribution in [0.2, 0.25) is 0 Å². The highest BCUT2D eigenvalue weighted by Crippen LogP contribution is 2.43. The van der Waals surface area contributed by atoms with E-state index in [2.05, 4.69) is 98.9 Å². The van der Waals surface area contributed by atoms with Gasteiger partial charge >= 0.3 is 19.8 Å². The monoisotopic (exact) mass is 1000 g/mol. The van der Waals surface area contributed by atoms with Gasteiger partial charge < -0.3 is 20.1 Å². The van der Waals surface area contributed by atoms with Gasteiger partial charge in [0.15, 0.2) is 6.10 Å². The van der Waals surface area contributed by atoms with Crippen molar-refractivity contribution in [1.82, 2.24) is 0 Å². The van der Waals surface area contributed by atoms with Crippen molar-refractivity contribution in [2.45, 2.75) is 258 Å². The molecule has 0 amide bonds. The number of phosphoric acid groups is 1. The molecule has 0 aliphatic carbocycles. The lowest BCUT2D eigenvalue weighted by Crippen LogP contribution is -2.29. The largest absolute Gasteiger partial charge is 0.472 e.